The monoisotopic (exact) mass is 342 g/mol. The maximum Gasteiger partial charge on any atom is 0.214 e. The molecule has 7 heteroatoms. The summed E-state index contributed by atoms with van der Waals surface area (Å²) in [6.45, 7) is 2.54. The lowest BCUT2D eigenvalue weighted by atomic mass is 10.1. The van der Waals surface area contributed by atoms with Gasteiger partial charge in [-0.3, -0.25) is 0 Å². The van der Waals surface area contributed by atoms with E-state index in [1.54, 1.807) is 0 Å². The van der Waals surface area contributed by atoms with E-state index in [2.05, 4.69) is 4.90 Å². The molecule has 0 unspecified atom stereocenters. The van der Waals surface area contributed by atoms with Crippen LogP contribution in [0, 0.1) is 5.92 Å². The van der Waals surface area contributed by atoms with E-state index < -0.39 is 16.1 Å². The quantitative estimate of drug-likeness (QED) is 0.702. The second-order valence-electron chi connectivity index (χ2n) is 6.16. The Kier molecular flexibility index (Phi) is 6.41. The number of nitrogens with zero attached hydrogens (tertiary/aromatic N) is 2. The maximum atomic E-state index is 11.9. The summed E-state index contributed by atoms with van der Waals surface area (Å²) in [5.74, 6) is 0.624. The number of sulfonamides is 1. The average molecular weight is 342 g/mol. The molecule has 1 heterocycles. The second-order valence-corrected chi connectivity index (χ2v) is 8.39. The van der Waals surface area contributed by atoms with Gasteiger partial charge in [0.05, 0.1) is 18.5 Å². The Morgan fingerprint density at radius 1 is 1.26 bits per heavy atom. The Morgan fingerprint density at radius 2 is 1.96 bits per heavy atom. The van der Waals surface area contributed by atoms with E-state index in [0.717, 1.165) is 18.7 Å². The van der Waals surface area contributed by atoms with E-state index in [1.165, 1.54) is 18.4 Å². The van der Waals surface area contributed by atoms with E-state index in [0.29, 0.717) is 19.7 Å². The molecular weight excluding hydrogens is 316 g/mol. The minimum atomic E-state index is -3.28. The third-order valence-electron chi connectivity index (χ3n) is 4.09. The first-order valence-corrected chi connectivity index (χ1v) is 9.48. The van der Waals surface area contributed by atoms with Crippen molar-refractivity contribution in [3.8, 4) is 5.75 Å². The van der Waals surface area contributed by atoms with Gasteiger partial charge in [0.15, 0.2) is 0 Å². The highest BCUT2D eigenvalue weighted by molar-refractivity contribution is 7.89. The predicted molar refractivity (Wildman–Crippen MR) is 90.0 cm³/mol. The van der Waals surface area contributed by atoms with E-state index in [-0.39, 0.29) is 11.7 Å². The molecule has 6 nitrogen and oxygen atoms in total. The molecule has 0 amide bonds. The van der Waals surface area contributed by atoms with E-state index >= 15 is 0 Å². The fourth-order valence-electron chi connectivity index (χ4n) is 2.70. The zero-order valence-electron chi connectivity index (χ0n) is 13.8. The number of rotatable bonds is 8. The van der Waals surface area contributed by atoms with Gasteiger partial charge in [0.25, 0.3) is 0 Å². The minimum Gasteiger partial charge on any atom is -0.494 e. The molecule has 1 aliphatic rings. The van der Waals surface area contributed by atoms with Crippen molar-refractivity contribution in [3.05, 3.63) is 30.3 Å². The van der Waals surface area contributed by atoms with Crippen LogP contribution in [0.3, 0.4) is 0 Å². The van der Waals surface area contributed by atoms with Gasteiger partial charge in [0.1, 0.15) is 5.75 Å². The summed E-state index contributed by atoms with van der Waals surface area (Å²) in [4.78, 5) is 2.11. The molecule has 1 aromatic carbocycles. The van der Waals surface area contributed by atoms with Crippen LogP contribution in [-0.4, -0.2) is 74.9 Å². The van der Waals surface area contributed by atoms with Crippen LogP contribution in [0.4, 0.5) is 0 Å². The predicted octanol–water partition coefficient (Wildman–Crippen LogP) is 0.640. The van der Waals surface area contributed by atoms with E-state index in [1.807, 2.05) is 30.3 Å². The van der Waals surface area contributed by atoms with Crippen LogP contribution in [0.2, 0.25) is 0 Å². The van der Waals surface area contributed by atoms with Crippen LogP contribution >= 0.6 is 0 Å². The highest BCUT2D eigenvalue weighted by Crippen LogP contribution is 2.20. The standard InChI is InChI=1S/C16H26N2O4S/c1-17(2)23(20,21)13-14-11-18(12-16(14)19)9-6-10-22-15-7-4-3-5-8-15/h3-5,7-8,14,16,19H,6,9-13H2,1-2H3/t14-,16-/m0/s1. The van der Waals surface area contributed by atoms with Crippen LogP contribution in [0.5, 0.6) is 5.75 Å². The molecule has 1 saturated heterocycles. The molecule has 0 bridgehead atoms. The third kappa shape index (κ3) is 5.46. The van der Waals surface area contributed by atoms with Crippen molar-refractivity contribution < 1.29 is 18.3 Å². The number of likely N-dealkylation sites (tertiary alicyclic amines) is 1. The molecule has 0 saturated carbocycles. The van der Waals surface area contributed by atoms with E-state index in [4.69, 9.17) is 4.74 Å². The van der Waals surface area contributed by atoms with Crippen molar-refractivity contribution in [2.24, 2.45) is 5.92 Å². The van der Waals surface area contributed by atoms with E-state index in [9.17, 15) is 13.5 Å². The van der Waals surface area contributed by atoms with Gasteiger partial charge in [-0.05, 0) is 18.6 Å². The number of para-hydroxylation sites is 1. The summed E-state index contributed by atoms with van der Waals surface area (Å²) in [6, 6.07) is 9.65. The molecule has 2 atom stereocenters. The Balaban J connectivity index is 1.72. The highest BCUT2D eigenvalue weighted by Gasteiger charge is 2.34. The van der Waals surface area contributed by atoms with Gasteiger partial charge in [0, 0.05) is 39.6 Å². The van der Waals surface area contributed by atoms with Crippen molar-refractivity contribution in [3.63, 3.8) is 0 Å². The number of hydrogen-bond acceptors (Lipinski definition) is 5. The van der Waals surface area contributed by atoms with Crippen molar-refractivity contribution in [1.29, 1.82) is 0 Å². The topological polar surface area (TPSA) is 70.1 Å². The molecule has 0 aromatic heterocycles. The summed E-state index contributed by atoms with van der Waals surface area (Å²) in [5, 5.41) is 10.1. The molecule has 1 N–H and O–H groups in total. The van der Waals surface area contributed by atoms with Crippen molar-refractivity contribution in [2.75, 3.05) is 46.1 Å². The lowest BCUT2D eigenvalue weighted by Gasteiger charge is -2.18. The first-order valence-electron chi connectivity index (χ1n) is 7.87. The second kappa shape index (κ2) is 8.10. The smallest absolute Gasteiger partial charge is 0.214 e. The van der Waals surface area contributed by atoms with Crippen molar-refractivity contribution in [1.82, 2.24) is 9.21 Å². The lowest BCUT2D eigenvalue weighted by molar-refractivity contribution is 0.147. The molecule has 130 valence electrons. The minimum absolute atomic E-state index is 0.00180. The zero-order chi connectivity index (χ0) is 16.9. The van der Waals surface area contributed by atoms with Gasteiger partial charge in [0.2, 0.25) is 10.0 Å². The number of β-amino-alcohol motifs (C(OH)–C–C–N with tert-alkyl or cyclic N) is 1. The van der Waals surface area contributed by atoms with Gasteiger partial charge >= 0.3 is 0 Å². The summed E-state index contributed by atoms with van der Waals surface area (Å²) >= 11 is 0. The Labute approximate surface area is 138 Å². The average Bonchev–Trinajstić information content (AvgIpc) is 2.84. The van der Waals surface area contributed by atoms with Crippen LogP contribution in [0.15, 0.2) is 30.3 Å². The van der Waals surface area contributed by atoms with Crippen LogP contribution in [-0.2, 0) is 10.0 Å². The fraction of sp³-hybridized carbons (Fsp3) is 0.625. The van der Waals surface area contributed by atoms with Gasteiger partial charge in [-0.2, -0.15) is 0 Å². The van der Waals surface area contributed by atoms with Crippen LogP contribution in [0.25, 0.3) is 0 Å². The number of aliphatic hydroxyl groups excluding tert-OH is 1. The zero-order valence-corrected chi connectivity index (χ0v) is 14.6. The first-order chi connectivity index (χ1) is 10.9. The fourth-order valence-corrected chi connectivity index (χ4v) is 3.87. The SMILES string of the molecule is CN(C)S(=O)(=O)C[C@@H]1CN(CCCOc2ccccc2)C[C@@H]1O. The number of aliphatic hydroxyl groups is 1. The lowest BCUT2D eigenvalue weighted by Crippen LogP contribution is -2.33. The number of ether oxygens (including phenoxy) is 1. The molecule has 23 heavy (non-hydrogen) atoms. The van der Waals surface area contributed by atoms with Gasteiger partial charge in [-0.15, -0.1) is 0 Å². The summed E-state index contributed by atoms with van der Waals surface area (Å²) in [5.41, 5.74) is 0. The van der Waals surface area contributed by atoms with Gasteiger partial charge in [-0.25, -0.2) is 12.7 Å². The molecule has 0 aliphatic carbocycles. The van der Waals surface area contributed by atoms with Gasteiger partial charge < -0.3 is 14.7 Å². The van der Waals surface area contributed by atoms with Crippen molar-refractivity contribution >= 4 is 10.0 Å². The molecule has 1 aliphatic heterocycles. The summed E-state index contributed by atoms with van der Waals surface area (Å²) in [6.07, 6.45) is 0.258. The number of hydrogen-bond donors (Lipinski definition) is 1. The third-order valence-corrected chi connectivity index (χ3v) is 6.06. The summed E-state index contributed by atoms with van der Waals surface area (Å²) in [7, 11) is -0.231. The first kappa shape index (κ1) is 18.2. The Morgan fingerprint density at radius 3 is 2.61 bits per heavy atom. The summed E-state index contributed by atoms with van der Waals surface area (Å²) < 4.78 is 30.7. The maximum absolute atomic E-state index is 11.9. The molecule has 1 fully saturated rings. The normalized spacial score (nSPS) is 22.6. The Hall–Kier alpha value is -1.15. The van der Waals surface area contributed by atoms with Gasteiger partial charge in [-0.1, -0.05) is 18.2 Å². The van der Waals surface area contributed by atoms with Crippen LogP contribution < -0.4 is 4.74 Å². The molecule has 0 spiro atoms. The van der Waals surface area contributed by atoms with Crippen LogP contribution in [0.1, 0.15) is 6.42 Å². The highest BCUT2D eigenvalue weighted by atomic mass is 32.2. The molecule has 2 rings (SSSR count). The molecular formula is C16H26N2O4S. The Bertz CT molecular complexity index is 577. The molecule has 1 aromatic rings. The largest absolute Gasteiger partial charge is 0.494 e. The number of benzene rings is 1. The van der Waals surface area contributed by atoms with Crippen molar-refractivity contribution in [2.45, 2.75) is 12.5 Å². The molecule has 0 radical (unpaired) electrons.